The van der Waals surface area contributed by atoms with Gasteiger partial charge < -0.3 is 10.6 Å². The monoisotopic (exact) mass is 342 g/mol. The summed E-state index contributed by atoms with van der Waals surface area (Å²) < 4.78 is 1.53. The van der Waals surface area contributed by atoms with E-state index in [4.69, 9.17) is 0 Å². The van der Waals surface area contributed by atoms with E-state index in [-0.39, 0.29) is 12.0 Å². The smallest absolute Gasteiger partial charge is 0.314 e. The lowest BCUT2D eigenvalue weighted by Crippen LogP contribution is -2.39. The van der Waals surface area contributed by atoms with Crippen LogP contribution in [0.1, 0.15) is 43.6 Å². The predicted molar refractivity (Wildman–Crippen MR) is 98.1 cm³/mol. The predicted octanol–water partition coefficient (Wildman–Crippen LogP) is 2.74. The van der Waals surface area contributed by atoms with Gasteiger partial charge in [-0.15, -0.1) is 0 Å². The minimum Gasteiger partial charge on any atom is -0.341 e. The fraction of sp³-hybridized carbons (Fsp3) is 0.421. The van der Waals surface area contributed by atoms with Gasteiger partial charge in [-0.2, -0.15) is 5.10 Å². The number of rotatable bonds is 5. The lowest BCUT2D eigenvalue weighted by molar-refractivity contribution is -0.136. The van der Waals surface area contributed by atoms with Crippen molar-refractivity contribution < 1.29 is 9.59 Å². The second kappa shape index (κ2) is 7.96. The second-order valence-electron chi connectivity index (χ2n) is 6.54. The van der Waals surface area contributed by atoms with Crippen LogP contribution >= 0.6 is 0 Å². The summed E-state index contributed by atoms with van der Waals surface area (Å²) in [6, 6.07) is 9.61. The van der Waals surface area contributed by atoms with Gasteiger partial charge in [-0.3, -0.25) is 14.3 Å². The summed E-state index contributed by atoms with van der Waals surface area (Å²) in [6.45, 7) is 7.95. The molecule has 1 atom stereocenters. The standard InChI is InChI=1S/C19H26N4O2/c1-6-14-7-9-15(10-8-14)17(12(2)3)21-19(25)18(24)20-16-11-13(4)22-23(16)5/h7-12,17H,6H2,1-5H3,(H,20,24)(H,21,25). The van der Waals surface area contributed by atoms with Crippen LogP contribution in [0.2, 0.25) is 0 Å². The molecule has 1 aromatic heterocycles. The Bertz CT molecular complexity index is 747. The quantitative estimate of drug-likeness (QED) is 0.820. The van der Waals surface area contributed by atoms with Gasteiger partial charge in [-0.1, -0.05) is 45.0 Å². The third kappa shape index (κ3) is 4.68. The van der Waals surface area contributed by atoms with Crippen molar-refractivity contribution in [2.45, 2.75) is 40.2 Å². The van der Waals surface area contributed by atoms with E-state index >= 15 is 0 Å². The number of anilines is 1. The van der Waals surface area contributed by atoms with E-state index < -0.39 is 11.8 Å². The Labute approximate surface area is 148 Å². The van der Waals surface area contributed by atoms with E-state index in [1.54, 1.807) is 13.1 Å². The van der Waals surface area contributed by atoms with Crippen LogP contribution in [0.25, 0.3) is 0 Å². The summed E-state index contributed by atoms with van der Waals surface area (Å²) in [4.78, 5) is 24.5. The number of aryl methyl sites for hydroxylation is 3. The van der Waals surface area contributed by atoms with Crippen molar-refractivity contribution in [3.05, 3.63) is 47.2 Å². The maximum Gasteiger partial charge on any atom is 0.314 e. The van der Waals surface area contributed by atoms with Gasteiger partial charge in [0.1, 0.15) is 5.82 Å². The topological polar surface area (TPSA) is 76.0 Å². The van der Waals surface area contributed by atoms with Crippen molar-refractivity contribution in [1.29, 1.82) is 0 Å². The first kappa shape index (κ1) is 18.7. The van der Waals surface area contributed by atoms with Gasteiger partial charge in [-0.25, -0.2) is 0 Å². The molecule has 1 unspecified atom stereocenters. The normalized spacial score (nSPS) is 12.1. The summed E-state index contributed by atoms with van der Waals surface area (Å²) >= 11 is 0. The van der Waals surface area contributed by atoms with Gasteiger partial charge in [0.25, 0.3) is 0 Å². The fourth-order valence-corrected chi connectivity index (χ4v) is 2.70. The van der Waals surface area contributed by atoms with Gasteiger partial charge in [-0.05, 0) is 30.4 Å². The zero-order chi connectivity index (χ0) is 18.6. The highest BCUT2D eigenvalue weighted by Crippen LogP contribution is 2.22. The molecule has 2 amide bonds. The molecule has 0 saturated heterocycles. The third-order valence-corrected chi connectivity index (χ3v) is 4.15. The Kier molecular flexibility index (Phi) is 5.96. The molecule has 0 spiro atoms. The Balaban J connectivity index is 2.08. The van der Waals surface area contributed by atoms with Crippen LogP contribution < -0.4 is 10.6 Å². The minimum atomic E-state index is -0.696. The average molecular weight is 342 g/mol. The number of hydrogen-bond acceptors (Lipinski definition) is 3. The molecule has 0 aliphatic heterocycles. The van der Waals surface area contributed by atoms with Crippen LogP contribution in [0.4, 0.5) is 5.82 Å². The number of nitrogens with zero attached hydrogens (tertiary/aromatic N) is 2. The number of carbonyl (C=O) groups excluding carboxylic acids is 2. The van der Waals surface area contributed by atoms with Gasteiger partial charge in [0.05, 0.1) is 11.7 Å². The summed E-state index contributed by atoms with van der Waals surface area (Å²) in [5.74, 6) is -0.704. The largest absolute Gasteiger partial charge is 0.341 e. The Hall–Kier alpha value is -2.63. The summed E-state index contributed by atoms with van der Waals surface area (Å²) in [5, 5.41) is 9.58. The van der Waals surface area contributed by atoms with Gasteiger partial charge in [0, 0.05) is 13.1 Å². The number of hydrogen-bond donors (Lipinski definition) is 2. The molecule has 6 nitrogen and oxygen atoms in total. The lowest BCUT2D eigenvalue weighted by atomic mass is 9.95. The van der Waals surface area contributed by atoms with E-state index in [2.05, 4.69) is 34.8 Å². The first-order valence-electron chi connectivity index (χ1n) is 8.53. The maximum absolute atomic E-state index is 12.3. The molecule has 134 valence electrons. The highest BCUT2D eigenvalue weighted by molar-refractivity contribution is 6.39. The molecule has 0 saturated carbocycles. The second-order valence-corrected chi connectivity index (χ2v) is 6.54. The van der Waals surface area contributed by atoms with Crippen molar-refractivity contribution >= 4 is 17.6 Å². The molecule has 0 aliphatic carbocycles. The summed E-state index contributed by atoms with van der Waals surface area (Å²) in [6.07, 6.45) is 0.964. The van der Waals surface area contributed by atoms with Gasteiger partial charge >= 0.3 is 11.8 Å². The van der Waals surface area contributed by atoms with Crippen molar-refractivity contribution in [2.75, 3.05) is 5.32 Å². The van der Waals surface area contributed by atoms with Gasteiger partial charge in [0.2, 0.25) is 0 Å². The van der Waals surface area contributed by atoms with E-state index in [1.807, 2.05) is 32.9 Å². The van der Waals surface area contributed by atoms with Crippen molar-refractivity contribution in [3.8, 4) is 0 Å². The van der Waals surface area contributed by atoms with Gasteiger partial charge in [0.15, 0.2) is 0 Å². The van der Waals surface area contributed by atoms with Crippen molar-refractivity contribution in [2.24, 2.45) is 13.0 Å². The maximum atomic E-state index is 12.3. The molecule has 2 aromatic rings. The van der Waals surface area contributed by atoms with E-state index in [1.165, 1.54) is 10.2 Å². The molecule has 2 rings (SSSR count). The van der Waals surface area contributed by atoms with Crippen molar-refractivity contribution in [1.82, 2.24) is 15.1 Å². The van der Waals surface area contributed by atoms with Crippen LogP contribution in [-0.2, 0) is 23.1 Å². The number of nitrogens with one attached hydrogen (secondary N) is 2. The molecule has 1 heterocycles. The van der Waals surface area contributed by atoms with E-state index in [9.17, 15) is 9.59 Å². The van der Waals surface area contributed by atoms with E-state index in [0.717, 1.165) is 17.7 Å². The van der Waals surface area contributed by atoms with E-state index in [0.29, 0.717) is 5.82 Å². The molecule has 0 fully saturated rings. The number of amides is 2. The van der Waals surface area contributed by atoms with Crippen LogP contribution in [-0.4, -0.2) is 21.6 Å². The molecule has 2 N–H and O–H groups in total. The summed E-state index contributed by atoms with van der Waals surface area (Å²) in [7, 11) is 1.72. The molecule has 0 aliphatic rings. The number of benzene rings is 1. The molecule has 0 bridgehead atoms. The SMILES string of the molecule is CCc1ccc(C(NC(=O)C(=O)Nc2cc(C)nn2C)C(C)C)cc1. The zero-order valence-electron chi connectivity index (χ0n) is 15.5. The Morgan fingerprint density at radius 3 is 2.28 bits per heavy atom. The highest BCUT2D eigenvalue weighted by atomic mass is 16.2. The molecular weight excluding hydrogens is 316 g/mol. The van der Waals surface area contributed by atoms with Crippen LogP contribution in [0.5, 0.6) is 0 Å². The Morgan fingerprint density at radius 1 is 1.16 bits per heavy atom. The summed E-state index contributed by atoms with van der Waals surface area (Å²) in [5.41, 5.74) is 3.00. The molecule has 0 radical (unpaired) electrons. The number of carbonyl (C=O) groups is 2. The molecule has 6 heteroatoms. The van der Waals surface area contributed by atoms with Crippen LogP contribution in [0.15, 0.2) is 30.3 Å². The third-order valence-electron chi connectivity index (χ3n) is 4.15. The highest BCUT2D eigenvalue weighted by Gasteiger charge is 2.23. The fourth-order valence-electron chi connectivity index (χ4n) is 2.70. The van der Waals surface area contributed by atoms with Crippen molar-refractivity contribution in [3.63, 3.8) is 0 Å². The molecule has 1 aromatic carbocycles. The first-order chi connectivity index (χ1) is 11.8. The van der Waals surface area contributed by atoms with Crippen LogP contribution in [0, 0.1) is 12.8 Å². The lowest BCUT2D eigenvalue weighted by Gasteiger charge is -2.23. The average Bonchev–Trinajstić information content (AvgIpc) is 2.89. The molecular formula is C19H26N4O2. The number of aromatic nitrogens is 2. The molecule has 25 heavy (non-hydrogen) atoms. The minimum absolute atomic E-state index is 0.156. The Morgan fingerprint density at radius 2 is 1.80 bits per heavy atom. The first-order valence-corrected chi connectivity index (χ1v) is 8.53. The zero-order valence-corrected chi connectivity index (χ0v) is 15.5. The van der Waals surface area contributed by atoms with Crippen LogP contribution in [0.3, 0.4) is 0 Å².